The Bertz CT molecular complexity index is 1350. The van der Waals surface area contributed by atoms with Crippen LogP contribution in [-0.2, 0) is 4.74 Å². The summed E-state index contributed by atoms with van der Waals surface area (Å²) < 4.78 is 24.4. The van der Waals surface area contributed by atoms with Crippen LogP contribution in [0.15, 0.2) is 60.7 Å². The molecule has 206 valence electrons. The quantitative estimate of drug-likeness (QED) is 0.255. The Balaban J connectivity index is 0.00000420. The molecule has 0 bridgehead atoms. The zero-order chi connectivity index (χ0) is 27.2. The van der Waals surface area contributed by atoms with Gasteiger partial charge >= 0.3 is 5.97 Å². The summed E-state index contributed by atoms with van der Waals surface area (Å²) in [5, 5.41) is 25.9. The lowest BCUT2D eigenvalue weighted by atomic mass is 10.0. The first-order valence-electron chi connectivity index (χ1n) is 12.0. The fraction of sp³-hybridized carbons (Fsp3) is 0.250. The molecule has 0 aromatic heterocycles. The summed E-state index contributed by atoms with van der Waals surface area (Å²) in [4.78, 5) is 38.5. The van der Waals surface area contributed by atoms with E-state index in [-0.39, 0.29) is 46.2 Å². The molecule has 1 heterocycles. The number of ketones is 1. The molecule has 3 aromatic rings. The number of rotatable bonds is 7. The summed E-state index contributed by atoms with van der Waals surface area (Å²) in [7, 11) is 1.45. The number of hydrogen-bond donors (Lipinski definition) is 4. The Hall–Kier alpha value is -4.15. The Morgan fingerprint density at radius 2 is 1.62 bits per heavy atom. The summed E-state index contributed by atoms with van der Waals surface area (Å²) in [5.41, 5.74) is 0.292. The molecule has 0 radical (unpaired) electrons. The zero-order valence-electron chi connectivity index (χ0n) is 21.0. The van der Waals surface area contributed by atoms with Crippen molar-refractivity contribution in [3.63, 3.8) is 0 Å². The highest BCUT2D eigenvalue weighted by Gasteiger charge is 2.30. The summed E-state index contributed by atoms with van der Waals surface area (Å²) in [6.45, 7) is 0.955. The van der Waals surface area contributed by atoms with E-state index < -0.39 is 35.6 Å². The first-order valence-corrected chi connectivity index (χ1v) is 12.0. The molecule has 39 heavy (non-hydrogen) atoms. The van der Waals surface area contributed by atoms with Crippen molar-refractivity contribution >= 4 is 30.1 Å². The zero-order valence-corrected chi connectivity index (χ0v) is 21.8. The number of halogens is 2. The fourth-order valence-corrected chi connectivity index (χ4v) is 4.18. The van der Waals surface area contributed by atoms with E-state index in [1.807, 2.05) is 0 Å². The van der Waals surface area contributed by atoms with Crippen LogP contribution in [0.25, 0.3) is 0 Å². The van der Waals surface area contributed by atoms with Crippen molar-refractivity contribution in [3.05, 3.63) is 88.7 Å². The highest BCUT2D eigenvalue weighted by molar-refractivity contribution is 6.11. The molecule has 1 aliphatic rings. The van der Waals surface area contributed by atoms with Crippen molar-refractivity contribution in [2.24, 2.45) is 0 Å². The average molecular weight is 559 g/mol. The number of phenolic OH excluding ortho intramolecular Hbond substituents is 2. The molecule has 0 aliphatic carbocycles. The number of nitrogens with one attached hydrogen (secondary N) is 2. The topological polar surface area (TPSA) is 134 Å². The minimum absolute atomic E-state index is 0. The molecule has 0 spiro atoms. The average Bonchev–Trinajstić information content (AvgIpc) is 3.14. The van der Waals surface area contributed by atoms with Crippen molar-refractivity contribution in [1.82, 2.24) is 10.6 Å². The molecule has 1 saturated heterocycles. The van der Waals surface area contributed by atoms with E-state index in [4.69, 9.17) is 9.47 Å². The number of ether oxygens (including phenoxy) is 2. The van der Waals surface area contributed by atoms with Gasteiger partial charge in [0.2, 0.25) is 0 Å². The van der Waals surface area contributed by atoms with Crippen LogP contribution in [0.2, 0.25) is 0 Å². The Morgan fingerprint density at radius 3 is 2.33 bits per heavy atom. The predicted molar refractivity (Wildman–Crippen MR) is 142 cm³/mol. The van der Waals surface area contributed by atoms with Gasteiger partial charge in [0, 0.05) is 12.1 Å². The van der Waals surface area contributed by atoms with Gasteiger partial charge in [-0.3, -0.25) is 9.59 Å². The van der Waals surface area contributed by atoms with Gasteiger partial charge in [0.25, 0.3) is 5.91 Å². The van der Waals surface area contributed by atoms with Crippen molar-refractivity contribution in [1.29, 1.82) is 0 Å². The lowest BCUT2D eigenvalue weighted by Crippen LogP contribution is -2.49. The van der Waals surface area contributed by atoms with Gasteiger partial charge in [0.15, 0.2) is 5.78 Å². The SMILES string of the molecule is COc1ccc(O)c(C(=O)c2ccc(C(=O)O[C@@H]3CCCNC[C@H]3NC(=O)c3cc(F)ccc3O)cc2)c1.Cl. The number of phenols is 2. The third-order valence-corrected chi connectivity index (χ3v) is 6.26. The molecule has 0 unspecified atom stereocenters. The summed E-state index contributed by atoms with van der Waals surface area (Å²) in [6, 6.07) is 12.6. The molecule has 1 aliphatic heterocycles. The normalized spacial score (nSPS) is 16.8. The third-order valence-electron chi connectivity index (χ3n) is 6.26. The monoisotopic (exact) mass is 558 g/mol. The highest BCUT2D eigenvalue weighted by atomic mass is 35.5. The number of amides is 1. The van der Waals surface area contributed by atoms with Gasteiger partial charge in [-0.2, -0.15) is 0 Å². The number of esters is 1. The van der Waals surface area contributed by atoms with E-state index >= 15 is 0 Å². The molecule has 4 N–H and O–H groups in total. The second-order valence-corrected chi connectivity index (χ2v) is 8.82. The van der Waals surface area contributed by atoms with Gasteiger partial charge in [-0.05, 0) is 67.9 Å². The Morgan fingerprint density at radius 1 is 0.949 bits per heavy atom. The van der Waals surface area contributed by atoms with E-state index in [0.29, 0.717) is 31.7 Å². The minimum Gasteiger partial charge on any atom is -0.507 e. The molecular formula is C28H28ClFN2O7. The molecule has 2 atom stereocenters. The third kappa shape index (κ3) is 7.04. The summed E-state index contributed by atoms with van der Waals surface area (Å²) >= 11 is 0. The van der Waals surface area contributed by atoms with E-state index in [0.717, 1.165) is 18.2 Å². The van der Waals surface area contributed by atoms with Gasteiger partial charge in [-0.25, -0.2) is 9.18 Å². The lowest BCUT2D eigenvalue weighted by Gasteiger charge is -2.26. The van der Waals surface area contributed by atoms with Crippen LogP contribution in [0.4, 0.5) is 4.39 Å². The molecule has 0 saturated carbocycles. The highest BCUT2D eigenvalue weighted by Crippen LogP contribution is 2.26. The fourth-order valence-electron chi connectivity index (χ4n) is 4.18. The van der Waals surface area contributed by atoms with E-state index in [1.165, 1.54) is 49.6 Å². The maximum atomic E-state index is 13.6. The van der Waals surface area contributed by atoms with Crippen molar-refractivity contribution in [2.45, 2.75) is 25.0 Å². The van der Waals surface area contributed by atoms with Crippen LogP contribution in [0, 0.1) is 5.82 Å². The number of carbonyl (C=O) groups is 3. The van der Waals surface area contributed by atoms with Crippen LogP contribution < -0.4 is 15.4 Å². The molecule has 3 aromatic carbocycles. The number of hydrogen-bond acceptors (Lipinski definition) is 8. The van der Waals surface area contributed by atoms with Crippen LogP contribution in [0.5, 0.6) is 17.2 Å². The second kappa shape index (κ2) is 13.1. The smallest absolute Gasteiger partial charge is 0.338 e. The first-order chi connectivity index (χ1) is 18.3. The Labute approximate surface area is 230 Å². The standard InChI is InChI=1S/C28H27FN2O7.ClH/c1-37-19-9-11-23(32)20(14-19)26(34)16-4-6-17(7-5-16)28(36)38-25-3-2-12-30-15-22(25)31-27(35)21-13-18(29)8-10-24(21)33;/h4-11,13-14,22,25,30,32-33H,2-3,12,15H2,1H3,(H,31,35);1H/t22-,25-;/m1./s1. The predicted octanol–water partition coefficient (Wildman–Crippen LogP) is 3.61. The number of carbonyl (C=O) groups excluding carboxylic acids is 3. The second-order valence-electron chi connectivity index (χ2n) is 8.82. The maximum Gasteiger partial charge on any atom is 0.338 e. The molecule has 1 fully saturated rings. The van der Waals surface area contributed by atoms with Crippen LogP contribution in [-0.4, -0.2) is 60.2 Å². The molecule has 9 nitrogen and oxygen atoms in total. The van der Waals surface area contributed by atoms with E-state index in [2.05, 4.69) is 10.6 Å². The largest absolute Gasteiger partial charge is 0.507 e. The number of benzene rings is 3. The number of aromatic hydroxyl groups is 2. The van der Waals surface area contributed by atoms with Crippen LogP contribution in [0.3, 0.4) is 0 Å². The van der Waals surface area contributed by atoms with Crippen molar-refractivity contribution in [3.8, 4) is 17.2 Å². The van der Waals surface area contributed by atoms with Gasteiger partial charge < -0.3 is 30.3 Å². The first kappa shape index (κ1) is 29.4. The van der Waals surface area contributed by atoms with Gasteiger partial charge in [-0.15, -0.1) is 12.4 Å². The number of methoxy groups -OCH3 is 1. The van der Waals surface area contributed by atoms with Crippen molar-refractivity contribution in [2.75, 3.05) is 20.2 Å². The molecular weight excluding hydrogens is 531 g/mol. The van der Waals surface area contributed by atoms with E-state index in [9.17, 15) is 29.0 Å². The van der Waals surface area contributed by atoms with Crippen molar-refractivity contribution < 1.29 is 38.5 Å². The maximum absolute atomic E-state index is 13.6. The van der Waals surface area contributed by atoms with Gasteiger partial charge in [0.1, 0.15) is 29.2 Å². The lowest BCUT2D eigenvalue weighted by molar-refractivity contribution is 0.0191. The van der Waals surface area contributed by atoms with E-state index in [1.54, 1.807) is 0 Å². The summed E-state index contributed by atoms with van der Waals surface area (Å²) in [5.74, 6) is -2.60. The summed E-state index contributed by atoms with van der Waals surface area (Å²) in [6.07, 6.45) is 0.463. The van der Waals surface area contributed by atoms with Crippen LogP contribution in [0.1, 0.15) is 49.5 Å². The van der Waals surface area contributed by atoms with Gasteiger partial charge in [0.05, 0.1) is 29.8 Å². The van der Waals surface area contributed by atoms with Gasteiger partial charge in [-0.1, -0.05) is 12.1 Å². The Kier molecular flexibility index (Phi) is 9.86. The molecule has 11 heteroatoms. The van der Waals surface area contributed by atoms with Crippen LogP contribution >= 0.6 is 12.4 Å². The minimum atomic E-state index is -0.694. The molecule has 4 rings (SSSR count). The molecule has 1 amide bonds.